The van der Waals surface area contributed by atoms with Crippen LogP contribution in [0.25, 0.3) is 0 Å². The second kappa shape index (κ2) is 5.10. The Morgan fingerprint density at radius 1 is 1.50 bits per heavy atom. The quantitative estimate of drug-likeness (QED) is 0.804. The number of nitrogens with two attached hydrogens (primary N) is 1. The molecule has 1 heterocycles. The molecular weight excluding hydrogens is 230 g/mol. The van der Waals surface area contributed by atoms with Gasteiger partial charge in [-0.15, -0.1) is 0 Å². The first-order valence-electron chi connectivity index (χ1n) is 6.24. The molecule has 0 saturated carbocycles. The standard InChI is InChI=1S/C13H22N3O2/c1-5-13(18,6-2)9-12(3,4)16-8-7-15-11(16)10(14)17/h8,18H,5-6,9H2,1-4H3,(H2,14,17). The van der Waals surface area contributed by atoms with Gasteiger partial charge >= 0.3 is 0 Å². The topological polar surface area (TPSA) is 81.1 Å². The zero-order chi connectivity index (χ0) is 14.0. The van der Waals surface area contributed by atoms with Crippen molar-refractivity contribution in [1.29, 1.82) is 0 Å². The Labute approximate surface area is 108 Å². The van der Waals surface area contributed by atoms with Gasteiger partial charge in [0, 0.05) is 11.7 Å². The van der Waals surface area contributed by atoms with Crippen LogP contribution in [0.1, 0.15) is 57.6 Å². The predicted molar refractivity (Wildman–Crippen MR) is 69.1 cm³/mol. The average molecular weight is 252 g/mol. The first kappa shape index (κ1) is 14.7. The lowest BCUT2D eigenvalue weighted by Crippen LogP contribution is -2.40. The molecule has 0 aromatic carbocycles. The van der Waals surface area contributed by atoms with E-state index in [2.05, 4.69) is 11.2 Å². The van der Waals surface area contributed by atoms with Gasteiger partial charge in [-0.2, -0.15) is 0 Å². The van der Waals surface area contributed by atoms with E-state index in [1.807, 2.05) is 27.7 Å². The number of hydrogen-bond donors (Lipinski definition) is 2. The van der Waals surface area contributed by atoms with Crippen molar-refractivity contribution in [3.05, 3.63) is 18.2 Å². The number of primary amides is 1. The Morgan fingerprint density at radius 2 is 2.06 bits per heavy atom. The van der Waals surface area contributed by atoms with Crippen LogP contribution < -0.4 is 5.73 Å². The van der Waals surface area contributed by atoms with Crippen LogP contribution in [0.2, 0.25) is 0 Å². The Balaban J connectivity index is 3.06. The summed E-state index contributed by atoms with van der Waals surface area (Å²) in [7, 11) is 0. The van der Waals surface area contributed by atoms with Crippen molar-refractivity contribution in [2.24, 2.45) is 5.73 Å². The number of carbonyl (C=O) groups is 1. The second-order valence-electron chi connectivity index (χ2n) is 5.35. The van der Waals surface area contributed by atoms with Crippen LogP contribution in [0.5, 0.6) is 0 Å². The molecule has 3 N–H and O–H groups in total. The lowest BCUT2D eigenvalue weighted by Gasteiger charge is -2.36. The fraction of sp³-hybridized carbons (Fsp3) is 0.692. The summed E-state index contributed by atoms with van der Waals surface area (Å²) in [4.78, 5) is 15.1. The van der Waals surface area contributed by atoms with E-state index in [-0.39, 0.29) is 5.82 Å². The monoisotopic (exact) mass is 252 g/mol. The maximum atomic E-state index is 11.3. The first-order chi connectivity index (χ1) is 8.25. The fourth-order valence-electron chi connectivity index (χ4n) is 2.29. The van der Waals surface area contributed by atoms with Gasteiger partial charge in [-0.05, 0) is 33.1 Å². The molecule has 1 aromatic rings. The van der Waals surface area contributed by atoms with Gasteiger partial charge in [0.1, 0.15) is 6.20 Å². The zero-order valence-electron chi connectivity index (χ0n) is 11.5. The van der Waals surface area contributed by atoms with Crippen LogP contribution in [0.3, 0.4) is 0 Å². The number of rotatable bonds is 6. The molecule has 1 rings (SSSR count). The van der Waals surface area contributed by atoms with Crippen LogP contribution in [0.15, 0.2) is 6.20 Å². The molecular formula is C13H22N3O2. The number of amides is 1. The molecule has 1 amide bonds. The molecule has 0 atom stereocenters. The summed E-state index contributed by atoms with van der Waals surface area (Å²) in [6.45, 7) is 7.81. The van der Waals surface area contributed by atoms with Crippen molar-refractivity contribution in [3.8, 4) is 0 Å². The van der Waals surface area contributed by atoms with Crippen LogP contribution in [-0.2, 0) is 5.54 Å². The van der Waals surface area contributed by atoms with Crippen molar-refractivity contribution in [3.63, 3.8) is 0 Å². The summed E-state index contributed by atoms with van der Waals surface area (Å²) < 4.78 is 1.69. The highest BCUT2D eigenvalue weighted by Crippen LogP contribution is 2.32. The molecule has 1 radical (unpaired) electrons. The largest absolute Gasteiger partial charge is 0.390 e. The third-order valence-electron chi connectivity index (χ3n) is 3.54. The highest BCUT2D eigenvalue weighted by molar-refractivity contribution is 5.89. The number of hydrogen-bond acceptors (Lipinski definition) is 3. The number of imidazole rings is 1. The number of carbonyl (C=O) groups excluding carboxylic acids is 1. The molecule has 5 heteroatoms. The summed E-state index contributed by atoms with van der Waals surface area (Å²) in [6, 6.07) is 0. The lowest BCUT2D eigenvalue weighted by atomic mass is 9.83. The molecule has 101 valence electrons. The van der Waals surface area contributed by atoms with Gasteiger partial charge in [0.2, 0.25) is 0 Å². The van der Waals surface area contributed by atoms with E-state index in [0.717, 1.165) is 0 Å². The predicted octanol–water partition coefficient (Wildman–Crippen LogP) is 1.46. The van der Waals surface area contributed by atoms with E-state index in [1.165, 1.54) is 0 Å². The molecule has 0 fully saturated rings. The normalized spacial score (nSPS) is 12.7. The smallest absolute Gasteiger partial charge is 0.284 e. The molecule has 18 heavy (non-hydrogen) atoms. The maximum Gasteiger partial charge on any atom is 0.284 e. The van der Waals surface area contributed by atoms with Crippen molar-refractivity contribution in [1.82, 2.24) is 9.55 Å². The summed E-state index contributed by atoms with van der Waals surface area (Å²) in [5.74, 6) is -0.407. The van der Waals surface area contributed by atoms with Crippen molar-refractivity contribution < 1.29 is 9.90 Å². The molecule has 0 saturated heterocycles. The SMILES string of the molecule is CCC(O)(CC)CC(C)(C)n1c[c]nc1C(N)=O. The number of aliphatic hydroxyl groups is 1. The van der Waals surface area contributed by atoms with E-state index in [9.17, 15) is 9.90 Å². The van der Waals surface area contributed by atoms with Gasteiger partial charge in [-0.3, -0.25) is 4.79 Å². The third-order valence-corrected chi connectivity index (χ3v) is 3.54. The van der Waals surface area contributed by atoms with Crippen LogP contribution in [0.4, 0.5) is 0 Å². The minimum absolute atomic E-state index is 0.176. The van der Waals surface area contributed by atoms with Gasteiger partial charge < -0.3 is 15.4 Å². The van der Waals surface area contributed by atoms with Gasteiger partial charge in [0.25, 0.3) is 5.91 Å². The highest BCUT2D eigenvalue weighted by Gasteiger charge is 2.34. The molecule has 1 aromatic heterocycles. The maximum absolute atomic E-state index is 11.3. The van der Waals surface area contributed by atoms with Crippen LogP contribution in [0, 0.1) is 6.20 Å². The molecule has 0 spiro atoms. The third kappa shape index (κ3) is 2.90. The Kier molecular flexibility index (Phi) is 4.16. The zero-order valence-corrected chi connectivity index (χ0v) is 11.5. The minimum Gasteiger partial charge on any atom is -0.390 e. The Morgan fingerprint density at radius 3 is 2.50 bits per heavy atom. The number of aromatic nitrogens is 2. The van der Waals surface area contributed by atoms with Gasteiger partial charge in [0.05, 0.1) is 5.60 Å². The first-order valence-corrected chi connectivity index (χ1v) is 6.24. The molecule has 0 unspecified atom stereocenters. The molecule has 5 nitrogen and oxygen atoms in total. The molecule has 0 bridgehead atoms. The van der Waals surface area contributed by atoms with E-state index >= 15 is 0 Å². The van der Waals surface area contributed by atoms with Crippen LogP contribution in [-0.4, -0.2) is 26.2 Å². The average Bonchev–Trinajstić information content (AvgIpc) is 2.78. The van der Waals surface area contributed by atoms with E-state index < -0.39 is 17.0 Å². The van der Waals surface area contributed by atoms with E-state index in [4.69, 9.17) is 5.73 Å². The minimum atomic E-state index is -0.747. The molecule has 0 aliphatic heterocycles. The highest BCUT2D eigenvalue weighted by atomic mass is 16.3. The van der Waals surface area contributed by atoms with Gasteiger partial charge in [-0.25, -0.2) is 4.98 Å². The number of nitrogens with zero attached hydrogens (tertiary/aromatic N) is 2. The van der Waals surface area contributed by atoms with E-state index in [1.54, 1.807) is 10.8 Å². The van der Waals surface area contributed by atoms with Crippen molar-refractivity contribution in [2.45, 2.75) is 58.1 Å². The van der Waals surface area contributed by atoms with Crippen LogP contribution >= 0.6 is 0 Å². The summed E-state index contributed by atoms with van der Waals surface area (Å²) in [6.07, 6.45) is 6.09. The molecule has 0 aliphatic carbocycles. The summed E-state index contributed by atoms with van der Waals surface area (Å²) in [5, 5.41) is 10.4. The lowest BCUT2D eigenvalue weighted by molar-refractivity contribution is -0.00676. The van der Waals surface area contributed by atoms with Gasteiger partial charge in [0.15, 0.2) is 5.82 Å². The van der Waals surface area contributed by atoms with Gasteiger partial charge in [-0.1, -0.05) is 13.8 Å². The Hall–Kier alpha value is -1.36. The summed E-state index contributed by atoms with van der Waals surface area (Å²) in [5.41, 5.74) is 4.09. The molecule has 0 aliphatic rings. The van der Waals surface area contributed by atoms with Crippen molar-refractivity contribution >= 4 is 5.91 Å². The summed E-state index contributed by atoms with van der Waals surface area (Å²) >= 11 is 0. The fourth-order valence-corrected chi connectivity index (χ4v) is 2.29. The van der Waals surface area contributed by atoms with E-state index in [0.29, 0.717) is 19.3 Å². The Bertz CT molecular complexity index is 420. The van der Waals surface area contributed by atoms with Crippen molar-refractivity contribution in [2.75, 3.05) is 0 Å². The second-order valence-corrected chi connectivity index (χ2v) is 5.35.